The summed E-state index contributed by atoms with van der Waals surface area (Å²) in [5, 5.41) is 13.2. The first-order valence-corrected chi connectivity index (χ1v) is 6.49. The van der Waals surface area contributed by atoms with Crippen LogP contribution in [0.3, 0.4) is 0 Å². The summed E-state index contributed by atoms with van der Waals surface area (Å²) in [6.45, 7) is 0. The summed E-state index contributed by atoms with van der Waals surface area (Å²) in [6, 6.07) is 5.69. The zero-order chi connectivity index (χ0) is 14.7. The minimum Gasteiger partial charge on any atom is -0.479 e. The third-order valence-corrected chi connectivity index (χ3v) is 3.55. The van der Waals surface area contributed by atoms with Crippen molar-refractivity contribution in [3.8, 4) is 0 Å². The smallest absolute Gasteiger partial charge is 0.331 e. The van der Waals surface area contributed by atoms with E-state index in [1.54, 1.807) is 17.5 Å². The van der Waals surface area contributed by atoms with Gasteiger partial charge in [0.25, 0.3) is 5.91 Å². The van der Waals surface area contributed by atoms with Gasteiger partial charge in [-0.25, -0.2) is 9.18 Å². The number of thiophene rings is 1. The fourth-order valence-electron chi connectivity index (χ4n) is 1.59. The fraction of sp³-hybridized carbons (Fsp3) is 0.0769. The van der Waals surface area contributed by atoms with Gasteiger partial charge < -0.3 is 16.2 Å². The minimum absolute atomic E-state index is 0.0134. The lowest BCUT2D eigenvalue weighted by Gasteiger charge is -2.13. The van der Waals surface area contributed by atoms with E-state index in [1.807, 2.05) is 0 Å². The molecule has 1 heterocycles. The summed E-state index contributed by atoms with van der Waals surface area (Å²) >= 11 is 1.21. The van der Waals surface area contributed by atoms with Crippen molar-refractivity contribution >= 4 is 28.9 Å². The SMILES string of the molecule is Nc1ccc(C(=O)NC(C(=O)O)c2cccs2)cc1F. The maximum atomic E-state index is 13.3. The largest absolute Gasteiger partial charge is 0.479 e. The molecule has 1 aromatic heterocycles. The lowest BCUT2D eigenvalue weighted by atomic mass is 10.1. The van der Waals surface area contributed by atoms with E-state index in [2.05, 4.69) is 5.32 Å². The van der Waals surface area contributed by atoms with Crippen LogP contribution in [0.5, 0.6) is 0 Å². The average Bonchev–Trinajstić information content (AvgIpc) is 2.92. The molecule has 0 radical (unpaired) electrons. The molecule has 1 aromatic carbocycles. The molecule has 2 rings (SSSR count). The molecule has 7 heteroatoms. The number of nitrogens with one attached hydrogen (secondary N) is 1. The van der Waals surface area contributed by atoms with Crippen LogP contribution in [0.1, 0.15) is 21.3 Å². The van der Waals surface area contributed by atoms with Gasteiger partial charge in [-0.2, -0.15) is 0 Å². The molecule has 0 saturated heterocycles. The molecule has 5 nitrogen and oxygen atoms in total. The van der Waals surface area contributed by atoms with Crippen molar-refractivity contribution < 1.29 is 19.1 Å². The highest BCUT2D eigenvalue weighted by atomic mass is 32.1. The standard InChI is InChI=1S/C13H11FN2O3S/c14-8-6-7(3-4-9(8)15)12(17)16-11(13(18)19)10-2-1-5-20-10/h1-6,11H,15H2,(H,16,17)(H,18,19). The highest BCUT2D eigenvalue weighted by molar-refractivity contribution is 7.10. The summed E-state index contributed by atoms with van der Waals surface area (Å²) < 4.78 is 13.3. The third-order valence-electron chi connectivity index (χ3n) is 2.61. The zero-order valence-electron chi connectivity index (χ0n) is 10.2. The van der Waals surface area contributed by atoms with Crippen molar-refractivity contribution in [3.63, 3.8) is 0 Å². The quantitative estimate of drug-likeness (QED) is 0.752. The Morgan fingerprint density at radius 3 is 2.65 bits per heavy atom. The zero-order valence-corrected chi connectivity index (χ0v) is 11.0. The summed E-state index contributed by atoms with van der Waals surface area (Å²) in [5.41, 5.74) is 5.26. The van der Waals surface area contributed by atoms with Gasteiger partial charge in [0.2, 0.25) is 0 Å². The molecule has 0 bridgehead atoms. The van der Waals surface area contributed by atoms with Gasteiger partial charge in [0.15, 0.2) is 6.04 Å². The molecule has 1 amide bonds. The third kappa shape index (κ3) is 2.94. The second-order valence-electron chi connectivity index (χ2n) is 4.00. The van der Waals surface area contributed by atoms with Gasteiger partial charge in [-0.05, 0) is 29.6 Å². The molecule has 0 saturated carbocycles. The number of carbonyl (C=O) groups is 2. The number of halogens is 1. The number of anilines is 1. The number of amides is 1. The first-order chi connectivity index (χ1) is 9.49. The molecular weight excluding hydrogens is 283 g/mol. The molecule has 4 N–H and O–H groups in total. The second-order valence-corrected chi connectivity index (χ2v) is 4.98. The van der Waals surface area contributed by atoms with Crippen molar-refractivity contribution in [2.24, 2.45) is 0 Å². The maximum Gasteiger partial charge on any atom is 0.331 e. The van der Waals surface area contributed by atoms with Gasteiger partial charge in [-0.15, -0.1) is 11.3 Å². The van der Waals surface area contributed by atoms with Crippen molar-refractivity contribution in [2.45, 2.75) is 6.04 Å². The number of nitrogens with two attached hydrogens (primary N) is 1. The summed E-state index contributed by atoms with van der Waals surface area (Å²) in [6.07, 6.45) is 0. The molecule has 0 aliphatic carbocycles. The van der Waals surface area contributed by atoms with Crippen molar-refractivity contribution in [1.82, 2.24) is 5.32 Å². The predicted molar refractivity (Wildman–Crippen MR) is 73.0 cm³/mol. The van der Waals surface area contributed by atoms with Crippen LogP contribution in [0.4, 0.5) is 10.1 Å². The van der Waals surface area contributed by atoms with Crippen LogP contribution in [0, 0.1) is 5.82 Å². The lowest BCUT2D eigenvalue weighted by molar-refractivity contribution is -0.139. The molecule has 0 aliphatic rings. The number of hydrogen-bond donors (Lipinski definition) is 3. The lowest BCUT2D eigenvalue weighted by Crippen LogP contribution is -2.33. The Kier molecular flexibility index (Phi) is 3.99. The molecule has 1 atom stereocenters. The molecule has 20 heavy (non-hydrogen) atoms. The Hall–Kier alpha value is -2.41. The number of nitrogen functional groups attached to an aromatic ring is 1. The highest BCUT2D eigenvalue weighted by Crippen LogP contribution is 2.20. The van der Waals surface area contributed by atoms with Crippen LogP contribution in [-0.4, -0.2) is 17.0 Å². The van der Waals surface area contributed by atoms with Crippen LogP contribution in [0.25, 0.3) is 0 Å². The molecule has 0 spiro atoms. The number of hydrogen-bond acceptors (Lipinski definition) is 4. The number of rotatable bonds is 4. The van der Waals surface area contributed by atoms with Gasteiger partial charge in [-0.3, -0.25) is 4.79 Å². The Bertz CT molecular complexity index is 643. The summed E-state index contributed by atoms with van der Waals surface area (Å²) in [4.78, 5) is 23.6. The van der Waals surface area contributed by atoms with Crippen molar-refractivity contribution in [2.75, 3.05) is 5.73 Å². The van der Waals surface area contributed by atoms with Gasteiger partial charge in [-0.1, -0.05) is 6.07 Å². The van der Waals surface area contributed by atoms with Crippen LogP contribution in [0.15, 0.2) is 35.7 Å². The van der Waals surface area contributed by atoms with Crippen LogP contribution in [-0.2, 0) is 4.79 Å². The Balaban J connectivity index is 2.20. The second kappa shape index (κ2) is 5.70. The van der Waals surface area contributed by atoms with Gasteiger partial charge >= 0.3 is 5.97 Å². The van der Waals surface area contributed by atoms with Crippen LogP contribution < -0.4 is 11.1 Å². The minimum atomic E-state index is -1.18. The molecule has 1 unspecified atom stereocenters. The maximum absolute atomic E-state index is 13.3. The Morgan fingerprint density at radius 2 is 2.10 bits per heavy atom. The number of benzene rings is 1. The summed E-state index contributed by atoms with van der Waals surface area (Å²) in [5.74, 6) is -2.58. The first kappa shape index (κ1) is 14.0. The number of carboxylic acids is 1. The van der Waals surface area contributed by atoms with E-state index in [0.29, 0.717) is 4.88 Å². The average molecular weight is 294 g/mol. The number of carboxylic acid groups (broad SMARTS) is 1. The molecule has 0 fully saturated rings. The molecule has 2 aromatic rings. The summed E-state index contributed by atoms with van der Waals surface area (Å²) in [7, 11) is 0. The molecule has 104 valence electrons. The topological polar surface area (TPSA) is 92.4 Å². The molecular formula is C13H11FN2O3S. The van der Waals surface area contributed by atoms with Crippen molar-refractivity contribution in [1.29, 1.82) is 0 Å². The Labute approximate surface area is 117 Å². The predicted octanol–water partition coefficient (Wildman–Crippen LogP) is 2.03. The number of aliphatic carboxylic acids is 1. The van der Waals surface area contributed by atoms with E-state index in [-0.39, 0.29) is 11.3 Å². The van der Waals surface area contributed by atoms with E-state index >= 15 is 0 Å². The van der Waals surface area contributed by atoms with E-state index in [1.165, 1.54) is 23.5 Å². The van der Waals surface area contributed by atoms with Gasteiger partial charge in [0.1, 0.15) is 5.82 Å². The van der Waals surface area contributed by atoms with E-state index in [4.69, 9.17) is 10.8 Å². The normalized spacial score (nSPS) is 11.8. The van der Waals surface area contributed by atoms with E-state index in [9.17, 15) is 14.0 Å². The highest BCUT2D eigenvalue weighted by Gasteiger charge is 2.23. The van der Waals surface area contributed by atoms with Crippen molar-refractivity contribution in [3.05, 3.63) is 52.0 Å². The first-order valence-electron chi connectivity index (χ1n) is 5.61. The van der Waals surface area contributed by atoms with E-state index in [0.717, 1.165) is 6.07 Å². The molecule has 0 aliphatic heterocycles. The van der Waals surface area contributed by atoms with Gasteiger partial charge in [0.05, 0.1) is 5.69 Å². The van der Waals surface area contributed by atoms with Crippen LogP contribution >= 0.6 is 11.3 Å². The monoisotopic (exact) mass is 294 g/mol. The van der Waals surface area contributed by atoms with E-state index < -0.39 is 23.7 Å². The fourth-order valence-corrected chi connectivity index (χ4v) is 2.36. The number of carbonyl (C=O) groups excluding carboxylic acids is 1. The van der Waals surface area contributed by atoms with Crippen LogP contribution in [0.2, 0.25) is 0 Å². The Morgan fingerprint density at radius 1 is 1.35 bits per heavy atom. The van der Waals surface area contributed by atoms with Gasteiger partial charge in [0, 0.05) is 10.4 Å².